The summed E-state index contributed by atoms with van der Waals surface area (Å²) >= 11 is 0. The van der Waals surface area contributed by atoms with Crippen molar-refractivity contribution in [2.24, 2.45) is 0 Å². The number of aromatic nitrogens is 2. The zero-order valence-corrected chi connectivity index (χ0v) is 8.78. The fourth-order valence-corrected chi connectivity index (χ4v) is 1.34. The Bertz CT molecular complexity index is 479. The third-order valence-corrected chi connectivity index (χ3v) is 2.20. The van der Waals surface area contributed by atoms with Crippen LogP contribution in [0.3, 0.4) is 0 Å². The predicted molar refractivity (Wildman–Crippen MR) is 57.2 cm³/mol. The van der Waals surface area contributed by atoms with Gasteiger partial charge in [0.15, 0.2) is 0 Å². The van der Waals surface area contributed by atoms with Gasteiger partial charge in [-0.05, 0) is 17.7 Å². The van der Waals surface area contributed by atoms with Gasteiger partial charge in [0.1, 0.15) is 11.6 Å². The number of nitrogens with zero attached hydrogens (tertiary/aromatic N) is 2. The lowest BCUT2D eigenvalue weighted by molar-refractivity contribution is 0.0569. The van der Waals surface area contributed by atoms with E-state index in [9.17, 15) is 13.2 Å². The molecule has 0 aliphatic carbocycles. The molecule has 2 rings (SSSR count). The Balaban J connectivity index is 1.95. The van der Waals surface area contributed by atoms with Gasteiger partial charge in [0.2, 0.25) is 0 Å². The zero-order valence-electron chi connectivity index (χ0n) is 8.78. The van der Waals surface area contributed by atoms with Crippen molar-refractivity contribution in [3.8, 4) is 0 Å². The molecule has 0 fully saturated rings. The van der Waals surface area contributed by atoms with Crippen LogP contribution in [-0.4, -0.2) is 9.78 Å². The van der Waals surface area contributed by atoms with Crippen LogP contribution < -0.4 is 5.32 Å². The van der Waals surface area contributed by atoms with Crippen molar-refractivity contribution in [3.63, 3.8) is 0 Å². The standard InChI is InChI=1S/C11H10F3N3/c12-9-3-1-8(2-4-9)7-15-10-5-6-17(16-10)11(13)14/h1-6,11H,7H2,(H,15,16). The normalized spacial score (nSPS) is 10.8. The van der Waals surface area contributed by atoms with E-state index in [1.807, 2.05) is 0 Å². The van der Waals surface area contributed by atoms with Crippen molar-refractivity contribution in [2.45, 2.75) is 13.1 Å². The molecule has 0 aliphatic rings. The molecule has 0 spiro atoms. The van der Waals surface area contributed by atoms with Crippen molar-refractivity contribution < 1.29 is 13.2 Å². The smallest absolute Gasteiger partial charge is 0.333 e. The first-order valence-electron chi connectivity index (χ1n) is 4.97. The molecule has 1 aromatic carbocycles. The van der Waals surface area contributed by atoms with E-state index in [0.717, 1.165) is 5.56 Å². The third-order valence-electron chi connectivity index (χ3n) is 2.20. The molecule has 0 amide bonds. The molecule has 0 unspecified atom stereocenters. The summed E-state index contributed by atoms with van der Waals surface area (Å²) < 4.78 is 37.6. The summed E-state index contributed by atoms with van der Waals surface area (Å²) in [4.78, 5) is 0. The van der Waals surface area contributed by atoms with Gasteiger partial charge in [0, 0.05) is 18.8 Å². The molecule has 0 radical (unpaired) electrons. The highest BCUT2D eigenvalue weighted by Gasteiger charge is 2.06. The first-order chi connectivity index (χ1) is 8.15. The van der Waals surface area contributed by atoms with Crippen LogP contribution in [0.2, 0.25) is 0 Å². The van der Waals surface area contributed by atoms with E-state index in [2.05, 4.69) is 10.4 Å². The van der Waals surface area contributed by atoms with Crippen LogP contribution in [0, 0.1) is 5.82 Å². The molecule has 0 bridgehead atoms. The summed E-state index contributed by atoms with van der Waals surface area (Å²) in [6.45, 7) is -2.24. The van der Waals surface area contributed by atoms with Gasteiger partial charge in [-0.3, -0.25) is 0 Å². The Labute approximate surface area is 95.9 Å². The van der Waals surface area contributed by atoms with Crippen molar-refractivity contribution >= 4 is 5.82 Å². The Kier molecular flexibility index (Phi) is 3.32. The molecule has 0 saturated heterocycles. The minimum Gasteiger partial charge on any atom is -0.365 e. The summed E-state index contributed by atoms with van der Waals surface area (Å²) in [5.41, 5.74) is 0.845. The quantitative estimate of drug-likeness (QED) is 0.891. The molecule has 6 heteroatoms. The van der Waals surface area contributed by atoms with Crippen LogP contribution in [0.1, 0.15) is 12.1 Å². The monoisotopic (exact) mass is 241 g/mol. The molecule has 0 aliphatic heterocycles. The number of benzene rings is 1. The van der Waals surface area contributed by atoms with Gasteiger partial charge in [-0.15, -0.1) is 0 Å². The lowest BCUT2D eigenvalue weighted by Gasteiger charge is -2.03. The van der Waals surface area contributed by atoms with Crippen molar-refractivity contribution in [1.82, 2.24) is 9.78 Å². The van der Waals surface area contributed by atoms with Crippen LogP contribution in [0.5, 0.6) is 0 Å². The molecule has 0 saturated carbocycles. The maximum atomic E-state index is 12.6. The summed E-state index contributed by atoms with van der Waals surface area (Å²) in [6.07, 6.45) is 1.19. The maximum Gasteiger partial charge on any atom is 0.333 e. The van der Waals surface area contributed by atoms with Gasteiger partial charge < -0.3 is 5.32 Å². The van der Waals surface area contributed by atoms with E-state index in [1.54, 1.807) is 12.1 Å². The number of alkyl halides is 2. The van der Waals surface area contributed by atoms with Gasteiger partial charge in [0.25, 0.3) is 0 Å². The van der Waals surface area contributed by atoms with E-state index >= 15 is 0 Å². The van der Waals surface area contributed by atoms with E-state index in [-0.39, 0.29) is 5.82 Å². The molecule has 2 aromatic rings. The second kappa shape index (κ2) is 4.90. The van der Waals surface area contributed by atoms with Gasteiger partial charge in [0.05, 0.1) is 0 Å². The van der Waals surface area contributed by atoms with Crippen LogP contribution in [0.25, 0.3) is 0 Å². The SMILES string of the molecule is Fc1ccc(CNc2ccn(C(F)F)n2)cc1. The second-order valence-electron chi connectivity index (χ2n) is 3.44. The van der Waals surface area contributed by atoms with E-state index in [0.29, 0.717) is 17.0 Å². The molecule has 1 aromatic heterocycles. The van der Waals surface area contributed by atoms with Crippen molar-refractivity contribution in [2.75, 3.05) is 5.32 Å². The predicted octanol–water partition coefficient (Wildman–Crippen LogP) is 3.03. The van der Waals surface area contributed by atoms with E-state index in [1.165, 1.54) is 24.4 Å². The lowest BCUT2D eigenvalue weighted by atomic mass is 10.2. The highest BCUT2D eigenvalue weighted by molar-refractivity contribution is 5.33. The number of hydrogen-bond acceptors (Lipinski definition) is 2. The fraction of sp³-hybridized carbons (Fsp3) is 0.182. The molecular formula is C11H10F3N3. The van der Waals surface area contributed by atoms with Crippen LogP contribution in [0.15, 0.2) is 36.5 Å². The highest BCUT2D eigenvalue weighted by atomic mass is 19.3. The molecule has 1 heterocycles. The summed E-state index contributed by atoms with van der Waals surface area (Å²) in [5, 5.41) is 6.49. The van der Waals surface area contributed by atoms with Crippen molar-refractivity contribution in [1.29, 1.82) is 0 Å². The molecule has 90 valence electrons. The fourth-order valence-electron chi connectivity index (χ4n) is 1.34. The van der Waals surface area contributed by atoms with Gasteiger partial charge in [-0.25, -0.2) is 9.07 Å². The number of halogens is 3. The summed E-state index contributed by atoms with van der Waals surface area (Å²) in [7, 11) is 0. The Morgan fingerprint density at radius 1 is 1.18 bits per heavy atom. The Morgan fingerprint density at radius 3 is 2.47 bits per heavy atom. The maximum absolute atomic E-state index is 12.6. The molecule has 3 nitrogen and oxygen atoms in total. The third kappa shape index (κ3) is 2.99. The van der Waals surface area contributed by atoms with Crippen molar-refractivity contribution in [3.05, 3.63) is 47.9 Å². The minimum absolute atomic E-state index is 0.310. The van der Waals surface area contributed by atoms with Gasteiger partial charge >= 0.3 is 6.55 Å². The lowest BCUT2D eigenvalue weighted by Crippen LogP contribution is -2.03. The molecule has 17 heavy (non-hydrogen) atoms. The van der Waals surface area contributed by atoms with Gasteiger partial charge in [-0.2, -0.15) is 13.9 Å². The number of hydrogen-bond donors (Lipinski definition) is 1. The molecular weight excluding hydrogens is 231 g/mol. The Morgan fingerprint density at radius 2 is 1.88 bits per heavy atom. The van der Waals surface area contributed by atoms with Crippen LogP contribution in [-0.2, 0) is 6.54 Å². The average Bonchev–Trinajstić information content (AvgIpc) is 2.77. The number of nitrogens with one attached hydrogen (secondary N) is 1. The van der Waals surface area contributed by atoms with E-state index in [4.69, 9.17) is 0 Å². The number of rotatable bonds is 4. The highest BCUT2D eigenvalue weighted by Crippen LogP contribution is 2.12. The minimum atomic E-state index is -2.64. The van der Waals surface area contributed by atoms with Crippen LogP contribution in [0.4, 0.5) is 19.0 Å². The second-order valence-corrected chi connectivity index (χ2v) is 3.44. The zero-order chi connectivity index (χ0) is 12.3. The van der Waals surface area contributed by atoms with Gasteiger partial charge in [-0.1, -0.05) is 12.1 Å². The number of anilines is 1. The van der Waals surface area contributed by atoms with Crippen LogP contribution >= 0.6 is 0 Å². The largest absolute Gasteiger partial charge is 0.365 e. The summed E-state index contributed by atoms with van der Waals surface area (Å²) in [6, 6.07) is 7.37. The summed E-state index contributed by atoms with van der Waals surface area (Å²) in [5.74, 6) is 0.0466. The molecule has 0 atom stereocenters. The molecule has 1 N–H and O–H groups in total. The topological polar surface area (TPSA) is 29.9 Å². The average molecular weight is 241 g/mol. The Hall–Kier alpha value is -1.98. The first-order valence-corrected chi connectivity index (χ1v) is 4.97. The van der Waals surface area contributed by atoms with E-state index < -0.39 is 6.55 Å². The first kappa shape index (κ1) is 11.5.